The number of hydrogen-bond acceptors (Lipinski definition) is 3. The summed E-state index contributed by atoms with van der Waals surface area (Å²) < 4.78 is 0. The van der Waals surface area contributed by atoms with Crippen LogP contribution in [0, 0.1) is 5.92 Å². The molecule has 0 aromatic heterocycles. The number of anilines is 1. The molecular weight excluding hydrogens is 242 g/mol. The predicted molar refractivity (Wildman–Crippen MR) is 74.5 cm³/mol. The first-order valence-electron chi connectivity index (χ1n) is 6.79. The van der Waals surface area contributed by atoms with Crippen molar-refractivity contribution >= 4 is 11.7 Å². The molecule has 0 heterocycles. The SMILES string of the molecule is CC1CCC(O)(CNc2ccccc2C(=O)O)CC1. The van der Waals surface area contributed by atoms with Gasteiger partial charge in [-0.25, -0.2) is 4.79 Å². The van der Waals surface area contributed by atoms with Crippen LogP contribution in [0.25, 0.3) is 0 Å². The molecule has 0 spiro atoms. The molecule has 4 nitrogen and oxygen atoms in total. The highest BCUT2D eigenvalue weighted by Crippen LogP contribution is 2.32. The van der Waals surface area contributed by atoms with Crippen LogP contribution < -0.4 is 5.32 Å². The molecule has 0 atom stereocenters. The average Bonchev–Trinajstić information content (AvgIpc) is 2.41. The molecular formula is C15H21NO3. The minimum atomic E-state index is -0.952. The lowest BCUT2D eigenvalue weighted by Crippen LogP contribution is -2.40. The molecule has 3 N–H and O–H groups in total. The van der Waals surface area contributed by atoms with Gasteiger partial charge in [0.05, 0.1) is 11.2 Å². The average molecular weight is 263 g/mol. The van der Waals surface area contributed by atoms with Crippen molar-refractivity contribution in [1.29, 1.82) is 0 Å². The van der Waals surface area contributed by atoms with Crippen molar-refractivity contribution in [3.05, 3.63) is 29.8 Å². The molecule has 1 aliphatic carbocycles. The Morgan fingerprint density at radius 2 is 2.00 bits per heavy atom. The highest BCUT2D eigenvalue weighted by atomic mass is 16.4. The van der Waals surface area contributed by atoms with Crippen molar-refractivity contribution < 1.29 is 15.0 Å². The van der Waals surface area contributed by atoms with Gasteiger partial charge in [0, 0.05) is 12.2 Å². The molecule has 104 valence electrons. The first-order chi connectivity index (χ1) is 9.00. The summed E-state index contributed by atoms with van der Waals surface area (Å²) in [6.45, 7) is 2.61. The second-order valence-electron chi connectivity index (χ2n) is 5.61. The Morgan fingerprint density at radius 1 is 1.37 bits per heavy atom. The standard InChI is InChI=1S/C15H21NO3/c1-11-6-8-15(19,9-7-11)10-16-13-5-3-2-4-12(13)14(17)18/h2-5,11,16,19H,6-10H2,1H3,(H,17,18). The van der Waals surface area contributed by atoms with Crippen molar-refractivity contribution in [2.45, 2.75) is 38.2 Å². The molecule has 1 aromatic carbocycles. The van der Waals surface area contributed by atoms with E-state index in [9.17, 15) is 9.90 Å². The Balaban J connectivity index is 2.01. The lowest BCUT2D eigenvalue weighted by molar-refractivity contribution is 0.00497. The minimum Gasteiger partial charge on any atom is -0.478 e. The monoisotopic (exact) mass is 263 g/mol. The lowest BCUT2D eigenvalue weighted by Gasteiger charge is -2.35. The number of aromatic carboxylic acids is 1. The summed E-state index contributed by atoms with van der Waals surface area (Å²) in [5.41, 5.74) is 0.107. The van der Waals surface area contributed by atoms with Crippen molar-refractivity contribution in [1.82, 2.24) is 0 Å². The highest BCUT2D eigenvalue weighted by molar-refractivity contribution is 5.94. The van der Waals surface area contributed by atoms with Crippen molar-refractivity contribution in [3.63, 3.8) is 0 Å². The molecule has 1 saturated carbocycles. The van der Waals surface area contributed by atoms with Crippen LogP contribution in [0.2, 0.25) is 0 Å². The van der Waals surface area contributed by atoms with Gasteiger partial charge in [-0.15, -0.1) is 0 Å². The topological polar surface area (TPSA) is 69.6 Å². The third kappa shape index (κ3) is 3.47. The first kappa shape index (κ1) is 13.9. The Bertz CT molecular complexity index is 450. The maximum Gasteiger partial charge on any atom is 0.337 e. The van der Waals surface area contributed by atoms with Crippen LogP contribution in [0.15, 0.2) is 24.3 Å². The smallest absolute Gasteiger partial charge is 0.337 e. The van der Waals surface area contributed by atoms with Crippen molar-refractivity contribution in [2.24, 2.45) is 5.92 Å². The first-order valence-corrected chi connectivity index (χ1v) is 6.79. The van der Waals surface area contributed by atoms with Crippen LogP contribution >= 0.6 is 0 Å². The van der Waals surface area contributed by atoms with E-state index < -0.39 is 11.6 Å². The molecule has 19 heavy (non-hydrogen) atoms. The summed E-state index contributed by atoms with van der Waals surface area (Å²) in [7, 11) is 0. The third-order valence-electron chi connectivity index (χ3n) is 3.97. The second-order valence-corrected chi connectivity index (χ2v) is 5.61. The molecule has 0 radical (unpaired) electrons. The number of aliphatic hydroxyl groups is 1. The molecule has 0 unspecified atom stereocenters. The van der Waals surface area contributed by atoms with Gasteiger partial charge < -0.3 is 15.5 Å². The van der Waals surface area contributed by atoms with E-state index in [1.807, 2.05) is 0 Å². The summed E-state index contributed by atoms with van der Waals surface area (Å²) in [6.07, 6.45) is 3.60. The van der Waals surface area contributed by atoms with E-state index in [-0.39, 0.29) is 5.56 Å². The molecule has 0 bridgehead atoms. The van der Waals surface area contributed by atoms with E-state index in [1.165, 1.54) is 0 Å². The molecule has 1 aromatic rings. The quantitative estimate of drug-likeness (QED) is 0.781. The molecule has 4 heteroatoms. The van der Waals surface area contributed by atoms with Crippen molar-refractivity contribution in [3.8, 4) is 0 Å². The zero-order valence-corrected chi connectivity index (χ0v) is 11.2. The third-order valence-corrected chi connectivity index (χ3v) is 3.97. The number of carboxylic acid groups (broad SMARTS) is 1. The van der Waals surface area contributed by atoms with Gasteiger partial charge in [-0.3, -0.25) is 0 Å². The van der Waals surface area contributed by atoms with E-state index in [2.05, 4.69) is 12.2 Å². The number of carbonyl (C=O) groups is 1. The largest absolute Gasteiger partial charge is 0.478 e. The van der Waals surface area contributed by atoms with Crippen molar-refractivity contribution in [2.75, 3.05) is 11.9 Å². The van der Waals surface area contributed by atoms with Crippen LogP contribution in [0.1, 0.15) is 43.0 Å². The molecule has 0 aliphatic heterocycles. The van der Waals surface area contributed by atoms with E-state index in [1.54, 1.807) is 24.3 Å². The summed E-state index contributed by atoms with van der Waals surface area (Å²) >= 11 is 0. The number of hydrogen-bond donors (Lipinski definition) is 3. The Hall–Kier alpha value is -1.55. The molecule has 1 fully saturated rings. The van der Waals surface area contributed by atoms with E-state index in [0.29, 0.717) is 18.2 Å². The summed E-state index contributed by atoms with van der Waals surface area (Å²) in [5.74, 6) is -0.279. The van der Waals surface area contributed by atoms with E-state index >= 15 is 0 Å². The predicted octanol–water partition coefficient (Wildman–Crippen LogP) is 2.74. The number of para-hydroxylation sites is 1. The zero-order valence-electron chi connectivity index (χ0n) is 11.2. The normalized spacial score (nSPS) is 26.9. The van der Waals surface area contributed by atoms with Gasteiger partial charge in [-0.2, -0.15) is 0 Å². The Kier molecular flexibility index (Phi) is 4.10. The fraction of sp³-hybridized carbons (Fsp3) is 0.533. The van der Waals surface area contributed by atoms with Gasteiger partial charge in [0.2, 0.25) is 0 Å². The lowest BCUT2D eigenvalue weighted by atomic mass is 9.79. The van der Waals surface area contributed by atoms with Gasteiger partial charge in [0.1, 0.15) is 0 Å². The number of nitrogens with one attached hydrogen (secondary N) is 1. The van der Waals surface area contributed by atoms with Gasteiger partial charge in [-0.1, -0.05) is 19.1 Å². The Morgan fingerprint density at radius 3 is 2.63 bits per heavy atom. The molecule has 1 aliphatic rings. The summed E-state index contributed by atoms with van der Waals surface area (Å²) in [4.78, 5) is 11.1. The number of benzene rings is 1. The zero-order chi connectivity index (χ0) is 13.9. The maximum absolute atomic E-state index is 11.1. The van der Waals surface area contributed by atoms with Crippen LogP contribution in [-0.4, -0.2) is 28.3 Å². The van der Waals surface area contributed by atoms with E-state index in [0.717, 1.165) is 25.7 Å². The van der Waals surface area contributed by atoms with Crippen LogP contribution in [0.5, 0.6) is 0 Å². The molecule has 2 rings (SSSR count). The second kappa shape index (κ2) is 5.61. The highest BCUT2D eigenvalue weighted by Gasteiger charge is 2.31. The van der Waals surface area contributed by atoms with Crippen LogP contribution in [-0.2, 0) is 0 Å². The minimum absolute atomic E-state index is 0.246. The van der Waals surface area contributed by atoms with Crippen LogP contribution in [0.3, 0.4) is 0 Å². The van der Waals surface area contributed by atoms with Gasteiger partial charge >= 0.3 is 5.97 Å². The summed E-state index contributed by atoms with van der Waals surface area (Å²) in [6, 6.07) is 6.79. The molecule has 0 amide bonds. The number of carboxylic acids is 1. The Labute approximate surface area is 113 Å². The van der Waals surface area contributed by atoms with E-state index in [4.69, 9.17) is 5.11 Å². The number of rotatable bonds is 4. The van der Waals surface area contributed by atoms with Crippen LogP contribution in [0.4, 0.5) is 5.69 Å². The summed E-state index contributed by atoms with van der Waals surface area (Å²) in [5, 5.41) is 22.7. The molecule has 0 saturated heterocycles. The van der Waals surface area contributed by atoms with Gasteiger partial charge in [-0.05, 0) is 43.7 Å². The fourth-order valence-electron chi connectivity index (χ4n) is 2.56. The van der Waals surface area contributed by atoms with Gasteiger partial charge in [0.25, 0.3) is 0 Å². The van der Waals surface area contributed by atoms with Gasteiger partial charge in [0.15, 0.2) is 0 Å². The maximum atomic E-state index is 11.1. The fourth-order valence-corrected chi connectivity index (χ4v) is 2.56.